The summed E-state index contributed by atoms with van der Waals surface area (Å²) < 4.78 is 0. The summed E-state index contributed by atoms with van der Waals surface area (Å²) >= 11 is 0. The third-order valence-corrected chi connectivity index (χ3v) is 1.99. The molecule has 0 aliphatic heterocycles. The number of hydrogen-bond acceptors (Lipinski definition) is 1. The molecule has 0 saturated carbocycles. The van der Waals surface area contributed by atoms with E-state index in [0.717, 1.165) is 17.0 Å². The lowest BCUT2D eigenvalue weighted by atomic mass is 10.1. The molecule has 14 heavy (non-hydrogen) atoms. The summed E-state index contributed by atoms with van der Waals surface area (Å²) in [5, 5.41) is 7.10. The van der Waals surface area contributed by atoms with Gasteiger partial charge in [-0.05, 0) is 6.07 Å². The van der Waals surface area contributed by atoms with Crippen molar-refractivity contribution >= 4 is 0 Å². The molecule has 0 aliphatic carbocycles. The normalized spacial score (nSPS) is 9.64. The Labute approximate surface area is 83.0 Å². The van der Waals surface area contributed by atoms with E-state index in [4.69, 9.17) is 6.42 Å². The number of terminal acetylenes is 1. The van der Waals surface area contributed by atoms with E-state index in [1.165, 1.54) is 0 Å². The molecule has 1 aromatic carbocycles. The van der Waals surface area contributed by atoms with Gasteiger partial charge < -0.3 is 0 Å². The van der Waals surface area contributed by atoms with Crippen LogP contribution in [-0.2, 0) is 6.42 Å². The summed E-state index contributed by atoms with van der Waals surface area (Å²) in [5.41, 5.74) is 3.02. The predicted octanol–water partition coefficient (Wildman–Crippen LogP) is 2.25. The van der Waals surface area contributed by atoms with Gasteiger partial charge in [0.05, 0.1) is 12.1 Å². The first kappa shape index (κ1) is 8.58. The first-order chi connectivity index (χ1) is 6.90. The maximum atomic E-state index is 5.21. The zero-order valence-electron chi connectivity index (χ0n) is 7.70. The van der Waals surface area contributed by atoms with Gasteiger partial charge in [-0.3, -0.25) is 5.10 Å². The standard InChI is InChI=1S/C12H10N2/c1-2-6-11-9-12(14-13-11)10-7-4-3-5-8-10/h1,3-5,7-9H,6H2,(H,13,14). The fraction of sp³-hybridized carbons (Fsp3) is 0.0833. The van der Waals surface area contributed by atoms with Crippen molar-refractivity contribution in [2.45, 2.75) is 6.42 Å². The molecule has 2 aromatic rings. The van der Waals surface area contributed by atoms with Crippen molar-refractivity contribution in [3.63, 3.8) is 0 Å². The SMILES string of the molecule is C#CCc1cc(-c2ccccc2)n[nH]1. The second kappa shape index (κ2) is 3.80. The zero-order valence-corrected chi connectivity index (χ0v) is 7.70. The van der Waals surface area contributed by atoms with Crippen LogP contribution in [0.4, 0.5) is 0 Å². The highest BCUT2D eigenvalue weighted by Crippen LogP contribution is 2.16. The van der Waals surface area contributed by atoms with Crippen LogP contribution < -0.4 is 0 Å². The van der Waals surface area contributed by atoms with Crippen molar-refractivity contribution in [1.82, 2.24) is 10.2 Å². The van der Waals surface area contributed by atoms with Crippen LogP contribution in [0.15, 0.2) is 36.4 Å². The number of nitrogens with zero attached hydrogens (tertiary/aromatic N) is 1. The quantitative estimate of drug-likeness (QED) is 0.709. The number of hydrogen-bond donors (Lipinski definition) is 1. The molecule has 1 heterocycles. The summed E-state index contributed by atoms with van der Waals surface area (Å²) in [5.74, 6) is 2.58. The number of H-pyrrole nitrogens is 1. The van der Waals surface area contributed by atoms with Gasteiger partial charge in [0, 0.05) is 11.3 Å². The fourth-order valence-corrected chi connectivity index (χ4v) is 1.32. The molecule has 1 aromatic heterocycles. The van der Waals surface area contributed by atoms with Gasteiger partial charge in [-0.25, -0.2) is 0 Å². The Morgan fingerprint density at radius 1 is 1.29 bits per heavy atom. The summed E-state index contributed by atoms with van der Waals surface area (Å²) in [4.78, 5) is 0. The molecule has 68 valence electrons. The van der Waals surface area contributed by atoms with Crippen molar-refractivity contribution in [3.05, 3.63) is 42.1 Å². The monoisotopic (exact) mass is 182 g/mol. The van der Waals surface area contributed by atoms with Crippen LogP contribution in [0.3, 0.4) is 0 Å². The molecule has 0 fully saturated rings. The van der Waals surface area contributed by atoms with Gasteiger partial charge in [0.2, 0.25) is 0 Å². The smallest absolute Gasteiger partial charge is 0.0923 e. The van der Waals surface area contributed by atoms with E-state index in [0.29, 0.717) is 6.42 Å². The second-order valence-corrected chi connectivity index (χ2v) is 3.03. The minimum atomic E-state index is 0.597. The van der Waals surface area contributed by atoms with Gasteiger partial charge in [0.25, 0.3) is 0 Å². The highest BCUT2D eigenvalue weighted by Gasteiger charge is 2.01. The summed E-state index contributed by atoms with van der Waals surface area (Å²) in [6.45, 7) is 0. The number of rotatable bonds is 2. The van der Waals surface area contributed by atoms with Crippen molar-refractivity contribution in [2.75, 3.05) is 0 Å². The number of aromatic nitrogens is 2. The van der Waals surface area contributed by atoms with Crippen molar-refractivity contribution < 1.29 is 0 Å². The maximum absolute atomic E-state index is 5.21. The van der Waals surface area contributed by atoms with E-state index in [-0.39, 0.29) is 0 Å². The highest BCUT2D eigenvalue weighted by molar-refractivity contribution is 5.58. The van der Waals surface area contributed by atoms with Crippen LogP contribution >= 0.6 is 0 Å². The van der Waals surface area contributed by atoms with E-state index in [1.54, 1.807) is 0 Å². The average Bonchev–Trinajstić information content (AvgIpc) is 2.68. The van der Waals surface area contributed by atoms with Crippen molar-refractivity contribution in [2.24, 2.45) is 0 Å². The van der Waals surface area contributed by atoms with E-state index >= 15 is 0 Å². The molecule has 0 aliphatic rings. The van der Waals surface area contributed by atoms with E-state index in [2.05, 4.69) is 16.1 Å². The summed E-state index contributed by atoms with van der Waals surface area (Å²) in [6.07, 6.45) is 5.81. The molecule has 0 amide bonds. The molecule has 0 bridgehead atoms. The molecule has 2 heteroatoms. The van der Waals surface area contributed by atoms with E-state index in [1.807, 2.05) is 36.4 Å². The summed E-state index contributed by atoms with van der Waals surface area (Å²) in [6, 6.07) is 12.0. The van der Waals surface area contributed by atoms with Gasteiger partial charge >= 0.3 is 0 Å². The van der Waals surface area contributed by atoms with E-state index in [9.17, 15) is 0 Å². The van der Waals surface area contributed by atoms with Crippen LogP contribution in [0.25, 0.3) is 11.3 Å². The minimum Gasteiger partial charge on any atom is -0.281 e. The van der Waals surface area contributed by atoms with Crippen LogP contribution in [0.5, 0.6) is 0 Å². The molecule has 0 atom stereocenters. The Kier molecular flexibility index (Phi) is 2.33. The Morgan fingerprint density at radius 2 is 2.07 bits per heavy atom. The van der Waals surface area contributed by atoms with Crippen molar-refractivity contribution in [1.29, 1.82) is 0 Å². The first-order valence-electron chi connectivity index (χ1n) is 4.43. The third-order valence-electron chi connectivity index (χ3n) is 1.99. The predicted molar refractivity (Wildman–Crippen MR) is 56.6 cm³/mol. The number of benzene rings is 1. The van der Waals surface area contributed by atoms with Gasteiger partial charge in [0.1, 0.15) is 0 Å². The third kappa shape index (κ3) is 1.67. The van der Waals surface area contributed by atoms with Crippen molar-refractivity contribution in [3.8, 4) is 23.6 Å². The van der Waals surface area contributed by atoms with Crippen LogP contribution in [0.1, 0.15) is 5.69 Å². The second-order valence-electron chi connectivity index (χ2n) is 3.03. The highest BCUT2D eigenvalue weighted by atomic mass is 15.1. The molecule has 0 radical (unpaired) electrons. The molecule has 2 nitrogen and oxygen atoms in total. The number of nitrogens with one attached hydrogen (secondary N) is 1. The Morgan fingerprint density at radius 3 is 2.79 bits per heavy atom. The van der Waals surface area contributed by atoms with Gasteiger partial charge in [-0.2, -0.15) is 5.10 Å². The molecule has 0 spiro atoms. The average molecular weight is 182 g/mol. The fourth-order valence-electron chi connectivity index (χ4n) is 1.32. The van der Waals surface area contributed by atoms with Gasteiger partial charge in [0.15, 0.2) is 0 Å². The summed E-state index contributed by atoms with van der Waals surface area (Å²) in [7, 11) is 0. The lowest BCUT2D eigenvalue weighted by Crippen LogP contribution is -1.78. The van der Waals surface area contributed by atoms with Crippen LogP contribution in [0.2, 0.25) is 0 Å². The molecule has 0 unspecified atom stereocenters. The van der Waals surface area contributed by atoms with Gasteiger partial charge in [-0.1, -0.05) is 30.3 Å². The molecular formula is C12H10N2. The van der Waals surface area contributed by atoms with E-state index < -0.39 is 0 Å². The topological polar surface area (TPSA) is 28.7 Å². The molecule has 0 saturated heterocycles. The largest absolute Gasteiger partial charge is 0.281 e. The Bertz CT molecular complexity index is 449. The van der Waals surface area contributed by atoms with Gasteiger partial charge in [-0.15, -0.1) is 12.3 Å². The Balaban J connectivity index is 2.31. The molecular weight excluding hydrogens is 172 g/mol. The lowest BCUT2D eigenvalue weighted by molar-refractivity contribution is 1.02. The number of aromatic amines is 1. The zero-order chi connectivity index (χ0) is 9.80. The molecule has 2 rings (SSSR count). The minimum absolute atomic E-state index is 0.597. The lowest BCUT2D eigenvalue weighted by Gasteiger charge is -1.92. The van der Waals surface area contributed by atoms with Crippen LogP contribution in [0, 0.1) is 12.3 Å². The van der Waals surface area contributed by atoms with Crippen LogP contribution in [-0.4, -0.2) is 10.2 Å². The Hall–Kier alpha value is -2.01. The first-order valence-corrected chi connectivity index (χ1v) is 4.43. The molecule has 1 N–H and O–H groups in total. The maximum Gasteiger partial charge on any atom is 0.0923 e.